The molecule has 0 spiro atoms. The average molecular weight is 1320 g/mol. The molecule has 0 aromatic heterocycles. The highest BCUT2D eigenvalue weighted by atomic mass is 32.2. The number of rotatable bonds is 60. The van der Waals surface area contributed by atoms with Crippen LogP contribution >= 0.6 is 47.0 Å². The topological polar surface area (TPSA) is 158 Å². The van der Waals surface area contributed by atoms with Crippen molar-refractivity contribution in [2.45, 2.75) is 275 Å². The van der Waals surface area contributed by atoms with Gasteiger partial charge in [0.15, 0.2) is 0 Å². The zero-order valence-corrected chi connectivity index (χ0v) is 59.8. The summed E-state index contributed by atoms with van der Waals surface area (Å²) in [6, 6.07) is 0. The van der Waals surface area contributed by atoms with Crippen LogP contribution in [0.4, 0.5) is 0 Å². The Hall–Kier alpha value is -3.34. The summed E-state index contributed by atoms with van der Waals surface area (Å²) < 4.78 is 30.0. The number of unbranched alkanes of at least 4 members (excludes halogenated alkanes) is 30. The van der Waals surface area contributed by atoms with Gasteiger partial charge >= 0.3 is 35.8 Å². The third-order valence-corrected chi connectivity index (χ3v) is 18.7. The molecule has 12 nitrogen and oxygen atoms in total. The molecule has 2 aliphatic heterocycles. The summed E-state index contributed by atoms with van der Waals surface area (Å²) >= 11 is 8.30. The molecule has 0 saturated carbocycles. The van der Waals surface area contributed by atoms with E-state index in [1.807, 2.05) is 11.8 Å². The lowest BCUT2D eigenvalue weighted by atomic mass is 10.1. The van der Waals surface area contributed by atoms with Crippen LogP contribution in [0.25, 0.3) is 0 Å². The van der Waals surface area contributed by atoms with Crippen LogP contribution in [0, 0.1) is 0 Å². The molecule has 2 unspecified atom stereocenters. The third-order valence-electron chi connectivity index (χ3n) is 14.4. The smallest absolute Gasteiger partial charge is 0.333 e. The van der Waals surface area contributed by atoms with Crippen molar-refractivity contribution in [3.05, 3.63) is 74.4 Å². The van der Waals surface area contributed by atoms with Crippen molar-refractivity contribution in [1.82, 2.24) is 0 Å². The average Bonchev–Trinajstić information content (AvgIpc) is 4.68. The van der Waals surface area contributed by atoms with Crippen LogP contribution in [-0.2, 0) is 57.2 Å². The van der Waals surface area contributed by atoms with Gasteiger partial charge in [0.2, 0.25) is 0 Å². The number of carbonyl (C=O) groups is 6. The summed E-state index contributed by atoms with van der Waals surface area (Å²) in [7, 11) is 0. The van der Waals surface area contributed by atoms with E-state index in [-0.39, 0.29) is 35.8 Å². The second kappa shape index (κ2) is 69.0. The summed E-state index contributed by atoms with van der Waals surface area (Å²) in [6.45, 7) is 29.0. The normalized spacial score (nSPS) is 13.2. The second-order valence-corrected chi connectivity index (χ2v) is 28.4. The molecule has 0 radical (unpaired) electrons. The first-order valence-corrected chi connectivity index (χ1v) is 38.8. The fourth-order valence-corrected chi connectivity index (χ4v) is 12.0. The van der Waals surface area contributed by atoms with Gasteiger partial charge in [0.1, 0.15) is 0 Å². The zero-order chi connectivity index (χ0) is 65.9. The minimum atomic E-state index is -0.334. The Morgan fingerprint density at radius 1 is 0.315 bits per heavy atom. The van der Waals surface area contributed by atoms with E-state index in [1.165, 1.54) is 233 Å². The Balaban J connectivity index is 0. The Bertz CT molecular complexity index is 1750. The molecule has 0 bridgehead atoms. The quantitative estimate of drug-likeness (QED) is 0.0186. The fourth-order valence-electron chi connectivity index (χ4n) is 8.65. The second-order valence-electron chi connectivity index (χ2n) is 23.3. The van der Waals surface area contributed by atoms with Gasteiger partial charge in [-0.05, 0) is 121 Å². The van der Waals surface area contributed by atoms with Gasteiger partial charge in [-0.3, -0.25) is 0 Å². The highest BCUT2D eigenvalue weighted by Crippen LogP contribution is 2.35. The van der Waals surface area contributed by atoms with Crippen molar-refractivity contribution >= 4 is 82.9 Å². The van der Waals surface area contributed by atoms with Gasteiger partial charge in [-0.15, -0.1) is 0 Å². The number of esters is 6. The standard InChI is InChI=1S/C28H50O4S.C18H30O4S.C15H26O2S.C12H20O2S/c1-25(2)27(29)31-21-17-13-9-5-7-11-15-19-23-33-24-20-16-12-8-6-10-14-18-22-32-28(30)26(3)4;1-3-17(19)21-13-9-5-7-11-15-23-16-12-8-6-10-14-22-18(20)4-2;1-2-15(16)17-12-10-8-6-4-3-5-7-9-11-14-13-18-14;1-10(2)12(13)14-8-6-4-3-5-7-11-9-15-11/h1,3,5-24H2,2,4H3;3-4H,1-2,5-16H2;2,14H,1,3-13H2;11H,1,3-9H2,2H3. The van der Waals surface area contributed by atoms with Crippen molar-refractivity contribution in [1.29, 1.82) is 0 Å². The van der Waals surface area contributed by atoms with Crippen LogP contribution in [0.2, 0.25) is 0 Å². The fraction of sp³-hybridized carbons (Fsp3) is 0.753. The molecule has 0 aliphatic carbocycles. The lowest BCUT2D eigenvalue weighted by molar-refractivity contribution is -0.139. The number of ether oxygens (including phenoxy) is 6. The van der Waals surface area contributed by atoms with Crippen LogP contribution in [0.5, 0.6) is 0 Å². The first kappa shape index (κ1) is 87.7. The van der Waals surface area contributed by atoms with E-state index in [2.05, 4.69) is 74.8 Å². The van der Waals surface area contributed by atoms with E-state index in [0.29, 0.717) is 56.4 Å². The number of hydrogen-bond donors (Lipinski definition) is 0. The summed E-state index contributed by atoms with van der Waals surface area (Å²) in [5, 5.41) is 1.98. The van der Waals surface area contributed by atoms with Crippen molar-refractivity contribution < 1.29 is 57.2 Å². The third kappa shape index (κ3) is 73.6. The molecule has 0 amide bonds. The minimum absolute atomic E-state index is 0.260. The maximum Gasteiger partial charge on any atom is 0.333 e. The van der Waals surface area contributed by atoms with Gasteiger partial charge in [0, 0.05) is 57.0 Å². The molecule has 2 saturated heterocycles. The van der Waals surface area contributed by atoms with Crippen molar-refractivity contribution in [3.63, 3.8) is 0 Å². The van der Waals surface area contributed by atoms with Gasteiger partial charge in [-0.1, -0.05) is 206 Å². The van der Waals surface area contributed by atoms with Crippen molar-refractivity contribution in [2.75, 3.05) is 74.2 Å². The maximum absolute atomic E-state index is 11.2. The molecule has 0 aromatic rings. The number of hydrogen-bond acceptors (Lipinski definition) is 16. The summed E-state index contributed by atoms with van der Waals surface area (Å²) in [6.07, 6.45) is 50.5. The predicted molar refractivity (Wildman–Crippen MR) is 383 cm³/mol. The molecule has 0 N–H and O–H groups in total. The van der Waals surface area contributed by atoms with Crippen LogP contribution in [-0.4, -0.2) is 120 Å². The number of carbonyl (C=O) groups excluding carboxylic acids is 6. The highest BCUT2D eigenvalue weighted by Gasteiger charge is 2.21. The molecule has 2 atom stereocenters. The van der Waals surface area contributed by atoms with Crippen molar-refractivity contribution in [2.24, 2.45) is 0 Å². The molecule has 2 heterocycles. The van der Waals surface area contributed by atoms with E-state index < -0.39 is 0 Å². The summed E-state index contributed by atoms with van der Waals surface area (Å²) in [5.74, 6) is 6.04. The highest BCUT2D eigenvalue weighted by molar-refractivity contribution is 8.07. The molecule has 16 heteroatoms. The van der Waals surface area contributed by atoms with Crippen LogP contribution in [0.1, 0.15) is 265 Å². The van der Waals surface area contributed by atoms with Crippen LogP contribution in [0.3, 0.4) is 0 Å². The molecule has 89 heavy (non-hydrogen) atoms. The Kier molecular flexibility index (Phi) is 68.0. The van der Waals surface area contributed by atoms with Gasteiger partial charge in [0.25, 0.3) is 0 Å². The van der Waals surface area contributed by atoms with Gasteiger partial charge in [-0.2, -0.15) is 47.0 Å². The molecular formula is C73H126O12S4. The monoisotopic (exact) mass is 1320 g/mol. The van der Waals surface area contributed by atoms with E-state index in [4.69, 9.17) is 28.4 Å². The molecule has 2 aliphatic rings. The Morgan fingerprint density at radius 2 is 0.494 bits per heavy atom. The molecule has 0 aromatic carbocycles. The van der Waals surface area contributed by atoms with E-state index in [0.717, 1.165) is 74.7 Å². The summed E-state index contributed by atoms with van der Waals surface area (Å²) in [4.78, 5) is 65.9. The van der Waals surface area contributed by atoms with Crippen molar-refractivity contribution in [3.8, 4) is 0 Å². The minimum Gasteiger partial charge on any atom is -0.463 e. The SMILES string of the molecule is C=C(C)C(=O)OCCCCCCC1CS1.C=C(C)C(=O)OCCCCCCCCCCSCCCCCCCCCCOC(=O)C(=C)C.C=CC(=O)OCCCCCCCCCCC1CS1.C=CC(=O)OCCCCCCSCCCCCCOC(=O)C=C. The first-order valence-electron chi connectivity index (χ1n) is 34.4. The lowest BCUT2D eigenvalue weighted by Gasteiger charge is -2.05. The van der Waals surface area contributed by atoms with E-state index >= 15 is 0 Å². The number of thioether (sulfide) groups is 4. The Morgan fingerprint density at radius 3 is 0.685 bits per heavy atom. The van der Waals surface area contributed by atoms with Gasteiger partial charge in [-0.25, -0.2) is 28.8 Å². The Labute approximate surface area is 560 Å². The lowest BCUT2D eigenvalue weighted by Crippen LogP contribution is -2.06. The maximum atomic E-state index is 11.2. The summed E-state index contributed by atoms with van der Waals surface area (Å²) in [5.41, 5.74) is 1.45. The van der Waals surface area contributed by atoms with Crippen LogP contribution in [0.15, 0.2) is 74.4 Å². The molecule has 2 rings (SSSR count). The zero-order valence-electron chi connectivity index (χ0n) is 56.5. The van der Waals surface area contributed by atoms with Gasteiger partial charge in [0.05, 0.1) is 39.6 Å². The van der Waals surface area contributed by atoms with Gasteiger partial charge < -0.3 is 28.4 Å². The van der Waals surface area contributed by atoms with Crippen LogP contribution < -0.4 is 0 Å². The predicted octanol–water partition coefficient (Wildman–Crippen LogP) is 20.0. The largest absolute Gasteiger partial charge is 0.463 e. The molecular weight excluding hydrogens is 1200 g/mol. The molecule has 514 valence electrons. The van der Waals surface area contributed by atoms with E-state index in [9.17, 15) is 28.8 Å². The molecule has 2 fully saturated rings. The first-order chi connectivity index (χ1) is 43.2. The van der Waals surface area contributed by atoms with E-state index in [1.54, 1.807) is 20.8 Å².